The number of amides is 1. The molecule has 110 valence electrons. The standard InChI is InChI=1S/C15H17ClN4O/c16-11-3-5-12(6-4-11)18-15(21)14-7-9-20(19-14)13-2-1-8-17-10-13/h3-7,9,13,17H,1-2,8,10H2,(H,18,21). The lowest BCUT2D eigenvalue weighted by Crippen LogP contribution is -2.32. The van der Waals surface area contributed by atoms with Gasteiger partial charge in [-0.2, -0.15) is 5.10 Å². The number of hydrogen-bond donors (Lipinski definition) is 2. The molecule has 1 unspecified atom stereocenters. The summed E-state index contributed by atoms with van der Waals surface area (Å²) in [7, 11) is 0. The van der Waals surface area contributed by atoms with E-state index in [1.165, 1.54) is 0 Å². The number of nitrogens with zero attached hydrogens (tertiary/aromatic N) is 2. The van der Waals surface area contributed by atoms with Crippen LogP contribution in [-0.4, -0.2) is 28.8 Å². The Labute approximate surface area is 128 Å². The molecule has 0 bridgehead atoms. The second-order valence-electron chi connectivity index (χ2n) is 5.14. The third-order valence-corrected chi connectivity index (χ3v) is 3.84. The van der Waals surface area contributed by atoms with Crippen molar-refractivity contribution in [1.82, 2.24) is 15.1 Å². The van der Waals surface area contributed by atoms with Crippen molar-refractivity contribution in [3.63, 3.8) is 0 Å². The molecule has 1 saturated heterocycles. The molecule has 1 aliphatic heterocycles. The average molecular weight is 305 g/mol. The molecule has 0 aliphatic carbocycles. The molecule has 1 aromatic carbocycles. The van der Waals surface area contributed by atoms with Gasteiger partial charge in [-0.15, -0.1) is 0 Å². The van der Waals surface area contributed by atoms with Crippen LogP contribution in [0.4, 0.5) is 5.69 Å². The first-order valence-electron chi connectivity index (χ1n) is 7.05. The van der Waals surface area contributed by atoms with E-state index < -0.39 is 0 Å². The molecule has 5 nitrogen and oxygen atoms in total. The molecule has 3 rings (SSSR count). The van der Waals surface area contributed by atoms with Crippen molar-refractivity contribution in [2.75, 3.05) is 18.4 Å². The fourth-order valence-electron chi connectivity index (χ4n) is 2.45. The number of carbonyl (C=O) groups is 1. The van der Waals surface area contributed by atoms with Gasteiger partial charge in [0.25, 0.3) is 5.91 Å². The van der Waals surface area contributed by atoms with Gasteiger partial charge in [0, 0.05) is 23.5 Å². The first kappa shape index (κ1) is 14.1. The molecule has 0 spiro atoms. The van der Waals surface area contributed by atoms with Crippen LogP contribution in [0.5, 0.6) is 0 Å². The number of halogens is 1. The van der Waals surface area contributed by atoms with E-state index in [9.17, 15) is 4.79 Å². The molecule has 1 fully saturated rings. The van der Waals surface area contributed by atoms with Gasteiger partial charge in [-0.1, -0.05) is 11.6 Å². The number of aromatic nitrogens is 2. The van der Waals surface area contributed by atoms with Crippen molar-refractivity contribution in [2.24, 2.45) is 0 Å². The lowest BCUT2D eigenvalue weighted by atomic mass is 10.1. The smallest absolute Gasteiger partial charge is 0.276 e. The highest BCUT2D eigenvalue weighted by molar-refractivity contribution is 6.30. The molecule has 1 aliphatic rings. The summed E-state index contributed by atoms with van der Waals surface area (Å²) in [4.78, 5) is 12.2. The van der Waals surface area contributed by atoms with Gasteiger partial charge >= 0.3 is 0 Å². The largest absolute Gasteiger partial charge is 0.321 e. The van der Waals surface area contributed by atoms with Crippen molar-refractivity contribution in [3.05, 3.63) is 47.2 Å². The first-order chi connectivity index (χ1) is 10.2. The van der Waals surface area contributed by atoms with E-state index in [0.29, 0.717) is 22.4 Å². The van der Waals surface area contributed by atoms with Crippen LogP contribution in [-0.2, 0) is 0 Å². The van der Waals surface area contributed by atoms with Crippen LogP contribution in [0.1, 0.15) is 29.4 Å². The summed E-state index contributed by atoms with van der Waals surface area (Å²) in [6.07, 6.45) is 4.10. The number of carbonyl (C=O) groups excluding carboxylic acids is 1. The first-order valence-corrected chi connectivity index (χ1v) is 7.43. The molecule has 2 aromatic rings. The summed E-state index contributed by atoms with van der Waals surface area (Å²) in [5.41, 5.74) is 1.13. The maximum absolute atomic E-state index is 12.2. The molecule has 2 heterocycles. The van der Waals surface area contributed by atoms with Gasteiger partial charge in [0.2, 0.25) is 0 Å². The SMILES string of the molecule is O=C(Nc1ccc(Cl)cc1)c1ccn(C2CCCNC2)n1. The van der Waals surface area contributed by atoms with Crippen LogP contribution in [0.25, 0.3) is 0 Å². The number of hydrogen-bond acceptors (Lipinski definition) is 3. The zero-order valence-electron chi connectivity index (χ0n) is 11.6. The van der Waals surface area contributed by atoms with Gasteiger partial charge in [0.15, 0.2) is 5.69 Å². The molecular weight excluding hydrogens is 288 g/mol. The third kappa shape index (κ3) is 3.43. The van der Waals surface area contributed by atoms with Crippen molar-refractivity contribution >= 4 is 23.2 Å². The molecule has 0 radical (unpaired) electrons. The maximum Gasteiger partial charge on any atom is 0.276 e. The monoisotopic (exact) mass is 304 g/mol. The van der Waals surface area contributed by atoms with Gasteiger partial charge in [0.1, 0.15) is 0 Å². The van der Waals surface area contributed by atoms with Crippen LogP contribution in [0.15, 0.2) is 36.5 Å². The Bertz CT molecular complexity index is 617. The second kappa shape index (κ2) is 6.28. The van der Waals surface area contributed by atoms with E-state index in [0.717, 1.165) is 25.9 Å². The number of piperidine rings is 1. The van der Waals surface area contributed by atoms with E-state index in [4.69, 9.17) is 11.6 Å². The zero-order valence-corrected chi connectivity index (χ0v) is 12.3. The number of benzene rings is 1. The normalized spacial score (nSPS) is 18.4. The van der Waals surface area contributed by atoms with Crippen LogP contribution in [0, 0.1) is 0 Å². The highest BCUT2D eigenvalue weighted by Gasteiger charge is 2.17. The van der Waals surface area contributed by atoms with Crippen LogP contribution < -0.4 is 10.6 Å². The topological polar surface area (TPSA) is 59.0 Å². The molecule has 1 amide bonds. The van der Waals surface area contributed by atoms with E-state index in [-0.39, 0.29) is 5.91 Å². The summed E-state index contributed by atoms with van der Waals surface area (Å²) in [5.74, 6) is -0.208. The molecule has 0 saturated carbocycles. The zero-order chi connectivity index (χ0) is 14.7. The Hall–Kier alpha value is -1.85. The van der Waals surface area contributed by atoms with E-state index in [2.05, 4.69) is 15.7 Å². The predicted octanol–water partition coefficient (Wildman–Crippen LogP) is 2.71. The fraction of sp³-hybridized carbons (Fsp3) is 0.333. The Kier molecular flexibility index (Phi) is 4.22. The molecule has 1 atom stereocenters. The van der Waals surface area contributed by atoms with Crippen molar-refractivity contribution < 1.29 is 4.79 Å². The van der Waals surface area contributed by atoms with E-state index in [1.54, 1.807) is 30.3 Å². The van der Waals surface area contributed by atoms with Crippen LogP contribution in [0.3, 0.4) is 0 Å². The molecule has 21 heavy (non-hydrogen) atoms. The molecule has 1 aromatic heterocycles. The van der Waals surface area contributed by atoms with Crippen molar-refractivity contribution in [1.29, 1.82) is 0 Å². The highest BCUT2D eigenvalue weighted by Crippen LogP contribution is 2.17. The summed E-state index contributed by atoms with van der Waals surface area (Å²) in [5, 5.41) is 11.2. The van der Waals surface area contributed by atoms with Gasteiger partial charge in [0.05, 0.1) is 6.04 Å². The minimum atomic E-state index is -0.208. The van der Waals surface area contributed by atoms with E-state index in [1.807, 2.05) is 10.9 Å². The summed E-state index contributed by atoms with van der Waals surface area (Å²) >= 11 is 5.82. The van der Waals surface area contributed by atoms with Gasteiger partial charge in [-0.25, -0.2) is 0 Å². The number of anilines is 1. The van der Waals surface area contributed by atoms with Crippen LogP contribution >= 0.6 is 11.6 Å². The number of nitrogens with one attached hydrogen (secondary N) is 2. The van der Waals surface area contributed by atoms with Crippen molar-refractivity contribution in [3.8, 4) is 0 Å². The molecular formula is C15H17ClN4O. The van der Waals surface area contributed by atoms with Gasteiger partial charge in [-0.05, 0) is 49.7 Å². The summed E-state index contributed by atoms with van der Waals surface area (Å²) in [6, 6.07) is 9.09. The lowest BCUT2D eigenvalue weighted by molar-refractivity contribution is 0.102. The minimum absolute atomic E-state index is 0.208. The molecule has 2 N–H and O–H groups in total. The Balaban J connectivity index is 1.67. The van der Waals surface area contributed by atoms with E-state index >= 15 is 0 Å². The third-order valence-electron chi connectivity index (χ3n) is 3.59. The highest BCUT2D eigenvalue weighted by atomic mass is 35.5. The average Bonchev–Trinajstić information content (AvgIpc) is 3.00. The van der Waals surface area contributed by atoms with Crippen molar-refractivity contribution in [2.45, 2.75) is 18.9 Å². The van der Waals surface area contributed by atoms with Gasteiger partial charge < -0.3 is 10.6 Å². The van der Waals surface area contributed by atoms with Gasteiger partial charge in [-0.3, -0.25) is 9.48 Å². The van der Waals surface area contributed by atoms with Crippen LogP contribution in [0.2, 0.25) is 5.02 Å². The predicted molar refractivity (Wildman–Crippen MR) is 82.8 cm³/mol. The lowest BCUT2D eigenvalue weighted by Gasteiger charge is -2.22. The summed E-state index contributed by atoms with van der Waals surface area (Å²) in [6.45, 7) is 1.96. The Morgan fingerprint density at radius 1 is 1.33 bits per heavy atom. The molecule has 6 heteroatoms. The summed E-state index contributed by atoms with van der Waals surface area (Å²) < 4.78 is 1.88. The second-order valence-corrected chi connectivity index (χ2v) is 5.58. The Morgan fingerprint density at radius 2 is 2.14 bits per heavy atom. The fourth-order valence-corrected chi connectivity index (χ4v) is 2.58. The minimum Gasteiger partial charge on any atom is -0.321 e. The Morgan fingerprint density at radius 3 is 2.86 bits per heavy atom. The quantitative estimate of drug-likeness (QED) is 0.916. The number of rotatable bonds is 3. The maximum atomic E-state index is 12.2.